The summed E-state index contributed by atoms with van der Waals surface area (Å²) in [6.45, 7) is 3.66. The third-order valence-corrected chi connectivity index (χ3v) is 5.51. The largest absolute Gasteiger partial charge is 0.462 e. The monoisotopic (exact) mass is 419 g/mol. The molecule has 0 bridgehead atoms. The van der Waals surface area contributed by atoms with Gasteiger partial charge in [-0.25, -0.2) is 14.8 Å². The number of nitrogens with zero attached hydrogens (tertiary/aromatic N) is 2. The number of carbonyl (C=O) groups is 2. The summed E-state index contributed by atoms with van der Waals surface area (Å²) in [6, 6.07) is 7.06. The Morgan fingerprint density at radius 3 is 2.68 bits per heavy atom. The molecular weight excluding hydrogens is 402 g/mol. The minimum atomic E-state index is -0.454. The maximum absolute atomic E-state index is 12.1. The van der Waals surface area contributed by atoms with Crippen LogP contribution in [0.5, 0.6) is 0 Å². The summed E-state index contributed by atoms with van der Waals surface area (Å²) in [7, 11) is 0. The topological polar surface area (TPSA) is 104 Å². The summed E-state index contributed by atoms with van der Waals surface area (Å²) < 4.78 is 10.3. The molecule has 7 nitrogen and oxygen atoms in total. The van der Waals surface area contributed by atoms with Crippen LogP contribution in [0.15, 0.2) is 24.3 Å². The SMILES string of the molecule is CCOC(=O)c1sc2nc(COC(=O)Cc3ccccc3Cl)nc(N)c2c1C. The number of thiophene rings is 1. The number of anilines is 1. The van der Waals surface area contributed by atoms with Crippen LogP contribution in [0.2, 0.25) is 5.02 Å². The molecule has 28 heavy (non-hydrogen) atoms. The van der Waals surface area contributed by atoms with Crippen LogP contribution < -0.4 is 5.73 Å². The van der Waals surface area contributed by atoms with E-state index in [1.54, 1.807) is 38.1 Å². The predicted octanol–water partition coefficient (Wildman–Crippen LogP) is 3.70. The van der Waals surface area contributed by atoms with Crippen LogP contribution in [-0.2, 0) is 27.3 Å². The average Bonchev–Trinajstić information content (AvgIpc) is 2.99. The molecule has 0 aliphatic carbocycles. The van der Waals surface area contributed by atoms with Gasteiger partial charge in [-0.3, -0.25) is 4.79 Å². The molecule has 0 spiro atoms. The molecule has 2 aromatic heterocycles. The second kappa shape index (κ2) is 8.53. The zero-order valence-corrected chi connectivity index (χ0v) is 16.9. The first-order valence-corrected chi connectivity index (χ1v) is 9.71. The summed E-state index contributed by atoms with van der Waals surface area (Å²) in [5.74, 6) is -0.388. The summed E-state index contributed by atoms with van der Waals surface area (Å²) in [5.41, 5.74) is 7.40. The molecule has 0 saturated heterocycles. The van der Waals surface area contributed by atoms with Crippen LogP contribution in [-0.4, -0.2) is 28.5 Å². The van der Waals surface area contributed by atoms with Crippen LogP contribution in [0, 0.1) is 6.92 Å². The number of nitrogens with two attached hydrogens (primary N) is 1. The number of halogens is 1. The normalized spacial score (nSPS) is 10.8. The number of hydrogen-bond acceptors (Lipinski definition) is 8. The van der Waals surface area contributed by atoms with Gasteiger partial charge < -0.3 is 15.2 Å². The number of carbonyl (C=O) groups excluding carboxylic acids is 2. The zero-order chi connectivity index (χ0) is 20.3. The number of ether oxygens (including phenoxy) is 2. The lowest BCUT2D eigenvalue weighted by atomic mass is 10.1. The summed E-state index contributed by atoms with van der Waals surface area (Å²) in [6.07, 6.45) is 0.0442. The Bertz CT molecular complexity index is 1050. The number of aryl methyl sites for hydroxylation is 1. The number of benzene rings is 1. The molecule has 0 amide bonds. The van der Waals surface area contributed by atoms with Gasteiger partial charge >= 0.3 is 11.9 Å². The fourth-order valence-corrected chi connectivity index (χ4v) is 3.97. The lowest BCUT2D eigenvalue weighted by Gasteiger charge is -2.06. The standard InChI is InChI=1S/C19H18ClN3O4S/c1-3-26-19(25)16-10(2)15-17(21)22-13(23-18(15)28-16)9-27-14(24)8-11-6-4-5-7-12(11)20/h4-7H,3,8-9H2,1-2H3,(H2,21,22,23). The van der Waals surface area contributed by atoms with Gasteiger partial charge in [-0.15, -0.1) is 11.3 Å². The van der Waals surface area contributed by atoms with Crippen molar-refractivity contribution in [1.82, 2.24) is 9.97 Å². The van der Waals surface area contributed by atoms with Gasteiger partial charge in [0.25, 0.3) is 0 Å². The number of hydrogen-bond donors (Lipinski definition) is 1. The van der Waals surface area contributed by atoms with E-state index in [1.165, 1.54) is 11.3 Å². The smallest absolute Gasteiger partial charge is 0.348 e. The highest BCUT2D eigenvalue weighted by Gasteiger charge is 2.20. The van der Waals surface area contributed by atoms with E-state index in [9.17, 15) is 9.59 Å². The predicted molar refractivity (Wildman–Crippen MR) is 107 cm³/mol. The van der Waals surface area contributed by atoms with Crippen LogP contribution >= 0.6 is 22.9 Å². The van der Waals surface area contributed by atoms with E-state index >= 15 is 0 Å². The molecule has 0 atom stereocenters. The molecule has 9 heteroatoms. The second-order valence-electron chi connectivity index (χ2n) is 5.91. The van der Waals surface area contributed by atoms with Crippen molar-refractivity contribution in [2.75, 3.05) is 12.3 Å². The summed E-state index contributed by atoms with van der Waals surface area (Å²) >= 11 is 7.23. The second-order valence-corrected chi connectivity index (χ2v) is 7.32. The molecule has 3 aromatic rings. The first-order valence-electron chi connectivity index (χ1n) is 8.52. The molecule has 0 fully saturated rings. The van der Waals surface area contributed by atoms with Crippen molar-refractivity contribution in [3.63, 3.8) is 0 Å². The first kappa shape index (κ1) is 20.0. The Morgan fingerprint density at radius 2 is 1.96 bits per heavy atom. The fraction of sp³-hybridized carbons (Fsp3) is 0.263. The quantitative estimate of drug-likeness (QED) is 0.607. The summed E-state index contributed by atoms with van der Waals surface area (Å²) in [4.78, 5) is 33.7. The Labute approximate surface area is 170 Å². The van der Waals surface area contributed by atoms with Gasteiger partial charge in [-0.05, 0) is 31.0 Å². The van der Waals surface area contributed by atoms with Crippen LogP contribution in [0.4, 0.5) is 5.82 Å². The molecular formula is C19H18ClN3O4S. The molecule has 0 unspecified atom stereocenters. The van der Waals surface area contributed by atoms with Gasteiger partial charge in [0.1, 0.15) is 15.5 Å². The van der Waals surface area contributed by atoms with E-state index in [2.05, 4.69) is 9.97 Å². The van der Waals surface area contributed by atoms with Gasteiger partial charge in [0.2, 0.25) is 0 Å². The van der Waals surface area contributed by atoms with Crippen molar-refractivity contribution in [3.8, 4) is 0 Å². The van der Waals surface area contributed by atoms with Gasteiger partial charge in [0, 0.05) is 5.02 Å². The van der Waals surface area contributed by atoms with Crippen LogP contribution in [0.3, 0.4) is 0 Å². The summed E-state index contributed by atoms with van der Waals surface area (Å²) in [5, 5.41) is 1.11. The lowest BCUT2D eigenvalue weighted by Crippen LogP contribution is -2.10. The van der Waals surface area contributed by atoms with Crippen molar-refractivity contribution in [2.45, 2.75) is 26.9 Å². The van der Waals surface area contributed by atoms with Crippen molar-refractivity contribution in [1.29, 1.82) is 0 Å². The number of nitrogen functional groups attached to an aromatic ring is 1. The average molecular weight is 420 g/mol. The number of rotatable bonds is 6. The molecule has 0 aliphatic rings. The molecule has 1 aromatic carbocycles. The minimum absolute atomic E-state index is 0.0442. The fourth-order valence-electron chi connectivity index (χ4n) is 2.67. The van der Waals surface area contributed by atoms with E-state index in [4.69, 9.17) is 26.8 Å². The van der Waals surface area contributed by atoms with Gasteiger partial charge in [0.05, 0.1) is 18.4 Å². The van der Waals surface area contributed by atoms with E-state index in [-0.39, 0.29) is 31.3 Å². The van der Waals surface area contributed by atoms with E-state index < -0.39 is 11.9 Å². The maximum Gasteiger partial charge on any atom is 0.348 e. The molecule has 0 radical (unpaired) electrons. The van der Waals surface area contributed by atoms with Gasteiger partial charge in [-0.1, -0.05) is 29.8 Å². The molecule has 2 heterocycles. The molecule has 2 N–H and O–H groups in total. The Balaban J connectivity index is 1.76. The Morgan fingerprint density at radius 1 is 1.21 bits per heavy atom. The third kappa shape index (κ3) is 4.23. The van der Waals surface area contributed by atoms with Gasteiger partial charge in [0.15, 0.2) is 12.4 Å². The lowest BCUT2D eigenvalue weighted by molar-refractivity contribution is -0.144. The highest BCUT2D eigenvalue weighted by atomic mass is 35.5. The van der Waals surface area contributed by atoms with Crippen LogP contribution in [0.1, 0.15) is 33.5 Å². The van der Waals surface area contributed by atoms with Crippen LogP contribution in [0.25, 0.3) is 10.2 Å². The molecule has 0 saturated carbocycles. The third-order valence-electron chi connectivity index (χ3n) is 3.98. The minimum Gasteiger partial charge on any atom is -0.462 e. The van der Waals surface area contributed by atoms with E-state index in [0.29, 0.717) is 31.2 Å². The zero-order valence-electron chi connectivity index (χ0n) is 15.3. The Kier molecular flexibility index (Phi) is 6.11. The number of fused-ring (bicyclic) bond motifs is 1. The van der Waals surface area contributed by atoms with Gasteiger partial charge in [-0.2, -0.15) is 0 Å². The molecule has 3 rings (SSSR count). The van der Waals surface area contributed by atoms with Crippen molar-refractivity contribution in [2.24, 2.45) is 0 Å². The first-order chi connectivity index (χ1) is 13.4. The van der Waals surface area contributed by atoms with Crippen molar-refractivity contribution < 1.29 is 19.1 Å². The number of esters is 2. The molecule has 0 aliphatic heterocycles. The highest BCUT2D eigenvalue weighted by molar-refractivity contribution is 7.20. The number of aromatic nitrogens is 2. The Hall–Kier alpha value is -2.71. The van der Waals surface area contributed by atoms with E-state index in [1.807, 2.05) is 0 Å². The van der Waals surface area contributed by atoms with Crippen molar-refractivity contribution in [3.05, 3.63) is 51.1 Å². The van der Waals surface area contributed by atoms with Crippen molar-refractivity contribution >= 4 is 50.9 Å². The molecule has 146 valence electrons. The maximum atomic E-state index is 12.1. The highest BCUT2D eigenvalue weighted by Crippen LogP contribution is 2.33. The van der Waals surface area contributed by atoms with E-state index in [0.717, 1.165) is 0 Å².